The summed E-state index contributed by atoms with van der Waals surface area (Å²) in [5.74, 6) is 0.387. The summed E-state index contributed by atoms with van der Waals surface area (Å²) in [5.41, 5.74) is 4.03. The summed E-state index contributed by atoms with van der Waals surface area (Å²) in [6.07, 6.45) is 0. The number of benzene rings is 3. The Labute approximate surface area is 168 Å². The maximum atomic E-state index is 13.2. The maximum absolute atomic E-state index is 13.2. The van der Waals surface area contributed by atoms with Crippen LogP contribution in [0.5, 0.6) is 5.75 Å². The van der Waals surface area contributed by atoms with Crippen molar-refractivity contribution in [1.29, 1.82) is 0 Å². The zero-order chi connectivity index (χ0) is 19.2. The molecule has 0 unspecified atom stereocenters. The highest BCUT2D eigenvalue weighted by Crippen LogP contribution is 2.30. The average molecular weight is 424 g/mol. The molecule has 3 rings (SSSR count). The number of hydrogen-bond acceptors (Lipinski definition) is 2. The van der Waals surface area contributed by atoms with E-state index in [2.05, 4.69) is 21.2 Å². The summed E-state index contributed by atoms with van der Waals surface area (Å²) >= 11 is 3.47. The first-order chi connectivity index (χ1) is 13.1. The quantitative estimate of drug-likeness (QED) is 0.590. The molecular formula is C23H22BrNO2. The van der Waals surface area contributed by atoms with Gasteiger partial charge >= 0.3 is 0 Å². The average Bonchev–Trinajstić information content (AvgIpc) is 2.70. The van der Waals surface area contributed by atoms with Crippen molar-refractivity contribution in [2.24, 2.45) is 0 Å². The SMILES string of the molecule is COc1ccc([C@H](C(=O)NCc2ccccc2)c2ccc(Br)cc2)c(C)c1. The highest BCUT2D eigenvalue weighted by molar-refractivity contribution is 9.10. The predicted octanol–water partition coefficient (Wildman–Crippen LogP) is 5.21. The molecule has 0 radical (unpaired) electrons. The fourth-order valence-electron chi connectivity index (χ4n) is 3.11. The van der Waals surface area contributed by atoms with Gasteiger partial charge in [0.1, 0.15) is 5.75 Å². The molecule has 0 aliphatic rings. The van der Waals surface area contributed by atoms with Crippen LogP contribution in [-0.4, -0.2) is 13.0 Å². The molecule has 0 aliphatic carbocycles. The van der Waals surface area contributed by atoms with Crippen molar-refractivity contribution in [1.82, 2.24) is 5.32 Å². The molecule has 0 aromatic heterocycles. The molecule has 0 fully saturated rings. The first-order valence-electron chi connectivity index (χ1n) is 8.80. The van der Waals surface area contributed by atoms with Gasteiger partial charge in [0.15, 0.2) is 0 Å². The summed E-state index contributed by atoms with van der Waals surface area (Å²) < 4.78 is 6.30. The lowest BCUT2D eigenvalue weighted by Gasteiger charge is -2.20. The van der Waals surface area contributed by atoms with Gasteiger partial charge in [0.2, 0.25) is 5.91 Å². The van der Waals surface area contributed by atoms with Gasteiger partial charge in [-0.2, -0.15) is 0 Å². The summed E-state index contributed by atoms with van der Waals surface area (Å²) in [4.78, 5) is 13.2. The van der Waals surface area contributed by atoms with E-state index in [4.69, 9.17) is 4.74 Å². The monoisotopic (exact) mass is 423 g/mol. The number of amides is 1. The van der Waals surface area contributed by atoms with Gasteiger partial charge in [-0.15, -0.1) is 0 Å². The third-order valence-corrected chi connectivity index (χ3v) is 5.09. The molecule has 3 aromatic rings. The minimum Gasteiger partial charge on any atom is -0.497 e. The molecule has 138 valence electrons. The van der Waals surface area contributed by atoms with E-state index in [9.17, 15) is 4.79 Å². The zero-order valence-corrected chi connectivity index (χ0v) is 17.0. The minimum atomic E-state index is -0.382. The van der Waals surface area contributed by atoms with Gasteiger partial charge in [-0.3, -0.25) is 4.79 Å². The van der Waals surface area contributed by atoms with Crippen molar-refractivity contribution in [3.8, 4) is 5.75 Å². The Morgan fingerprint density at radius 2 is 1.74 bits per heavy atom. The molecule has 27 heavy (non-hydrogen) atoms. The Morgan fingerprint density at radius 1 is 1.04 bits per heavy atom. The highest BCUT2D eigenvalue weighted by Gasteiger charge is 2.24. The number of nitrogens with one attached hydrogen (secondary N) is 1. The Kier molecular flexibility index (Phi) is 6.30. The van der Waals surface area contributed by atoms with E-state index >= 15 is 0 Å². The molecule has 1 N–H and O–H groups in total. The van der Waals surface area contributed by atoms with Crippen LogP contribution in [0.25, 0.3) is 0 Å². The maximum Gasteiger partial charge on any atom is 0.232 e. The van der Waals surface area contributed by atoms with Crippen LogP contribution in [0, 0.1) is 6.92 Å². The van der Waals surface area contributed by atoms with Gasteiger partial charge in [0.25, 0.3) is 0 Å². The number of carbonyl (C=O) groups is 1. The van der Waals surface area contributed by atoms with E-state index in [1.807, 2.05) is 79.7 Å². The van der Waals surface area contributed by atoms with Crippen molar-refractivity contribution in [2.45, 2.75) is 19.4 Å². The van der Waals surface area contributed by atoms with E-state index in [1.165, 1.54) is 0 Å². The lowest BCUT2D eigenvalue weighted by molar-refractivity contribution is -0.121. The summed E-state index contributed by atoms with van der Waals surface area (Å²) in [6, 6.07) is 23.7. The molecule has 0 bridgehead atoms. The lowest BCUT2D eigenvalue weighted by atomic mass is 9.87. The van der Waals surface area contributed by atoms with Gasteiger partial charge in [-0.25, -0.2) is 0 Å². The number of halogens is 1. The lowest BCUT2D eigenvalue weighted by Crippen LogP contribution is -2.30. The van der Waals surface area contributed by atoms with Crippen molar-refractivity contribution in [3.05, 3.63) is 99.5 Å². The van der Waals surface area contributed by atoms with Gasteiger partial charge in [0, 0.05) is 11.0 Å². The van der Waals surface area contributed by atoms with Crippen molar-refractivity contribution < 1.29 is 9.53 Å². The van der Waals surface area contributed by atoms with E-state index in [-0.39, 0.29) is 11.8 Å². The summed E-state index contributed by atoms with van der Waals surface area (Å²) in [5, 5.41) is 3.08. The highest BCUT2D eigenvalue weighted by atomic mass is 79.9. The number of methoxy groups -OCH3 is 1. The fourth-order valence-corrected chi connectivity index (χ4v) is 3.38. The number of hydrogen-bond donors (Lipinski definition) is 1. The normalized spacial score (nSPS) is 11.7. The molecule has 1 atom stereocenters. The van der Waals surface area contributed by atoms with Gasteiger partial charge in [-0.05, 0) is 53.4 Å². The topological polar surface area (TPSA) is 38.3 Å². The van der Waals surface area contributed by atoms with Crippen molar-refractivity contribution >= 4 is 21.8 Å². The Hall–Kier alpha value is -2.59. The molecule has 0 heterocycles. The third-order valence-electron chi connectivity index (χ3n) is 4.56. The van der Waals surface area contributed by atoms with Crippen LogP contribution >= 0.6 is 15.9 Å². The second-order valence-corrected chi connectivity index (χ2v) is 7.33. The van der Waals surface area contributed by atoms with Crippen molar-refractivity contribution in [3.63, 3.8) is 0 Å². The first kappa shape index (κ1) is 19.2. The Morgan fingerprint density at radius 3 is 2.37 bits per heavy atom. The molecule has 4 heteroatoms. The first-order valence-corrected chi connectivity index (χ1v) is 9.59. The second kappa shape index (κ2) is 8.87. The Bertz CT molecular complexity index is 907. The molecular weight excluding hydrogens is 402 g/mol. The fraction of sp³-hybridized carbons (Fsp3) is 0.174. The number of carbonyl (C=O) groups excluding carboxylic acids is 1. The van der Waals surface area contributed by atoms with Crippen LogP contribution in [0.15, 0.2) is 77.3 Å². The van der Waals surface area contributed by atoms with E-state index in [0.29, 0.717) is 6.54 Å². The summed E-state index contributed by atoms with van der Waals surface area (Å²) in [6.45, 7) is 2.51. The molecule has 0 aliphatic heterocycles. The molecule has 1 amide bonds. The Balaban J connectivity index is 1.92. The van der Waals surface area contributed by atoms with Gasteiger partial charge < -0.3 is 10.1 Å². The van der Waals surface area contributed by atoms with Gasteiger partial charge in [-0.1, -0.05) is 64.5 Å². The molecule has 3 nitrogen and oxygen atoms in total. The summed E-state index contributed by atoms with van der Waals surface area (Å²) in [7, 11) is 1.65. The van der Waals surface area contributed by atoms with Crippen LogP contribution in [0.2, 0.25) is 0 Å². The predicted molar refractivity (Wildman–Crippen MR) is 112 cm³/mol. The number of ether oxygens (including phenoxy) is 1. The number of rotatable bonds is 6. The van der Waals surface area contributed by atoms with Crippen LogP contribution in [0.1, 0.15) is 28.2 Å². The smallest absolute Gasteiger partial charge is 0.232 e. The van der Waals surface area contributed by atoms with Crippen LogP contribution in [-0.2, 0) is 11.3 Å². The van der Waals surface area contributed by atoms with E-state index in [1.54, 1.807) is 7.11 Å². The molecule has 0 saturated heterocycles. The number of aryl methyl sites for hydroxylation is 1. The van der Waals surface area contributed by atoms with Crippen LogP contribution in [0.3, 0.4) is 0 Å². The zero-order valence-electron chi connectivity index (χ0n) is 15.4. The second-order valence-electron chi connectivity index (χ2n) is 6.41. The van der Waals surface area contributed by atoms with E-state index < -0.39 is 0 Å². The minimum absolute atomic E-state index is 0.0190. The van der Waals surface area contributed by atoms with Crippen LogP contribution < -0.4 is 10.1 Å². The standard InChI is InChI=1S/C23H22BrNO2/c1-16-14-20(27-2)12-13-21(16)22(18-8-10-19(24)11-9-18)23(26)25-15-17-6-4-3-5-7-17/h3-14,22H,15H2,1-2H3,(H,25,26)/t22-/m1/s1. The molecule has 0 saturated carbocycles. The largest absolute Gasteiger partial charge is 0.497 e. The molecule has 3 aromatic carbocycles. The van der Waals surface area contributed by atoms with Crippen LogP contribution in [0.4, 0.5) is 0 Å². The third kappa shape index (κ3) is 4.77. The van der Waals surface area contributed by atoms with E-state index in [0.717, 1.165) is 32.5 Å². The van der Waals surface area contributed by atoms with Gasteiger partial charge in [0.05, 0.1) is 13.0 Å². The van der Waals surface area contributed by atoms with Crippen molar-refractivity contribution in [2.75, 3.05) is 7.11 Å². The molecule has 0 spiro atoms.